The van der Waals surface area contributed by atoms with Gasteiger partial charge in [0.15, 0.2) is 5.69 Å². The molecule has 0 aromatic heterocycles. The average molecular weight is 683 g/mol. The normalized spacial score (nSPS) is 17.0. The van der Waals surface area contributed by atoms with Gasteiger partial charge in [-0.3, -0.25) is 15.3 Å². The third kappa shape index (κ3) is 7.37. The van der Waals surface area contributed by atoms with Crippen LogP contribution in [0.25, 0.3) is 22.3 Å². The molecule has 1 heterocycles. The number of carbonyl (C=O) groups excluding carboxylic acids is 1. The molecule has 6 nitrogen and oxygen atoms in total. The Morgan fingerprint density at radius 1 is 0.776 bits per heavy atom. The molecule has 1 amide bonds. The number of hydrogen-bond acceptors (Lipinski definition) is 4. The van der Waals surface area contributed by atoms with Gasteiger partial charge in [-0.15, -0.1) is 0 Å². The number of piperidine rings is 1. The second kappa shape index (κ2) is 13.9. The number of carbonyl (C=O) groups is 1. The highest BCUT2D eigenvalue weighted by Gasteiger charge is 2.51. The highest BCUT2D eigenvalue weighted by Crippen LogP contribution is 2.52. The predicted octanol–water partition coefficient (Wildman–Crippen LogP) is 7.13. The Morgan fingerprint density at radius 3 is 1.90 bits per heavy atom. The summed E-state index contributed by atoms with van der Waals surface area (Å²) < 4.78 is 79.5. The van der Waals surface area contributed by atoms with E-state index in [1.54, 1.807) is 48.5 Å². The van der Waals surface area contributed by atoms with Crippen LogP contribution >= 0.6 is 0 Å². The number of nitrogens with zero attached hydrogens (tertiary/aromatic N) is 1. The van der Waals surface area contributed by atoms with Crippen molar-refractivity contribution in [3.05, 3.63) is 119 Å². The molecule has 1 atom stereocenters. The average Bonchev–Trinajstić information content (AvgIpc) is 3.37. The number of unbranched alkanes of at least 4 members (excludes halogenated alkanes) is 1. The molecule has 0 radical (unpaired) electrons. The van der Waals surface area contributed by atoms with Crippen molar-refractivity contribution >= 4 is 11.6 Å². The van der Waals surface area contributed by atoms with Gasteiger partial charge in [0.2, 0.25) is 5.91 Å². The molecule has 0 bridgehead atoms. The fourth-order valence-corrected chi connectivity index (χ4v) is 7.25. The van der Waals surface area contributed by atoms with Crippen LogP contribution in [0.5, 0.6) is 0 Å². The Kier molecular flexibility index (Phi) is 9.86. The van der Waals surface area contributed by atoms with Gasteiger partial charge in [0.25, 0.3) is 0 Å². The monoisotopic (exact) mass is 682 g/mol. The molecule has 12 heteroatoms. The van der Waals surface area contributed by atoms with Gasteiger partial charge >= 0.3 is 12.5 Å². The molecule has 6 rings (SSSR count). The third-order valence-corrected chi connectivity index (χ3v) is 9.60. The molecule has 3 N–H and O–H groups in total. The smallest absolute Gasteiger partial charge is 0.484 e. The zero-order valence-electron chi connectivity index (χ0n) is 26.5. The van der Waals surface area contributed by atoms with Crippen LogP contribution < -0.4 is 15.9 Å². The molecule has 1 unspecified atom stereocenters. The van der Waals surface area contributed by atoms with E-state index in [4.69, 9.17) is 0 Å². The highest BCUT2D eigenvalue weighted by molar-refractivity contribution is 6.00. The largest absolute Gasteiger partial charge is 0.608 e. The lowest BCUT2D eigenvalue weighted by atomic mass is 9.73. The summed E-state index contributed by atoms with van der Waals surface area (Å²) in [6.07, 6.45) is -6.53. The summed E-state index contributed by atoms with van der Waals surface area (Å²) in [6, 6.07) is 25.7. The van der Waals surface area contributed by atoms with Crippen LogP contribution in [-0.4, -0.2) is 42.8 Å². The summed E-state index contributed by atoms with van der Waals surface area (Å²) in [4.78, 5) is 15.7. The number of hydrogen-bond donors (Lipinski definition) is 3. The molecule has 1 aliphatic carbocycles. The van der Waals surface area contributed by atoms with E-state index < -0.39 is 29.4 Å². The van der Waals surface area contributed by atoms with Crippen LogP contribution in [0.3, 0.4) is 0 Å². The summed E-state index contributed by atoms with van der Waals surface area (Å²) in [6.45, 7) is 2.10. The lowest BCUT2D eigenvalue weighted by Gasteiger charge is -2.35. The van der Waals surface area contributed by atoms with Crippen LogP contribution in [0.1, 0.15) is 48.8 Å². The van der Waals surface area contributed by atoms with Crippen LogP contribution in [0.4, 0.5) is 32.0 Å². The molecular weight excluding hydrogens is 646 g/mol. The van der Waals surface area contributed by atoms with Gasteiger partial charge in [-0.1, -0.05) is 79.2 Å². The van der Waals surface area contributed by atoms with Crippen molar-refractivity contribution in [3.8, 4) is 22.3 Å². The molecule has 1 saturated heterocycles. The molecule has 4 aromatic carbocycles. The van der Waals surface area contributed by atoms with Crippen LogP contribution in [0, 0.1) is 5.21 Å². The molecule has 1 aliphatic heterocycles. The van der Waals surface area contributed by atoms with E-state index in [0.29, 0.717) is 73.3 Å². The Hall–Kier alpha value is -4.23. The second-order valence-electron chi connectivity index (χ2n) is 12.6. The van der Waals surface area contributed by atoms with Crippen molar-refractivity contribution < 1.29 is 36.3 Å². The van der Waals surface area contributed by atoms with E-state index >= 15 is 0 Å². The molecule has 0 saturated carbocycles. The minimum Gasteiger partial charge on any atom is -0.608 e. The minimum atomic E-state index is -4.86. The number of amides is 1. The maximum absolute atomic E-state index is 13.5. The summed E-state index contributed by atoms with van der Waals surface area (Å²) in [7, 11) is 0. The Morgan fingerprint density at radius 2 is 1.33 bits per heavy atom. The van der Waals surface area contributed by atoms with E-state index in [0.717, 1.165) is 23.3 Å². The SMILES string of the molecule is O=C(NC(F)(F)F)C1(CCCCN2CCC(N[NH+]([O-])c3ccccc3-c3ccc(C(F)(F)F)cc3)CC2)c2ccccc2-c2ccccc21. The molecule has 2 aliphatic rings. The molecular formula is C37H36F6N4O2. The summed E-state index contributed by atoms with van der Waals surface area (Å²) in [5.74, 6) is -1.08. The van der Waals surface area contributed by atoms with Crippen LogP contribution in [0.2, 0.25) is 0 Å². The Bertz CT molecular complexity index is 1720. The number of quaternary nitrogens is 1. The zero-order chi connectivity index (χ0) is 34.8. The molecule has 1 fully saturated rings. The number of rotatable bonds is 10. The molecule has 49 heavy (non-hydrogen) atoms. The minimum absolute atomic E-state index is 0.0924. The van der Waals surface area contributed by atoms with E-state index in [1.165, 1.54) is 17.4 Å². The first kappa shape index (κ1) is 34.6. The van der Waals surface area contributed by atoms with Crippen molar-refractivity contribution in [3.63, 3.8) is 0 Å². The Balaban J connectivity index is 1.05. The third-order valence-electron chi connectivity index (χ3n) is 9.60. The lowest BCUT2D eigenvalue weighted by molar-refractivity contribution is -0.832. The number of likely N-dealkylation sites (tertiary alicyclic amines) is 1. The number of nitrogens with one attached hydrogen (secondary N) is 3. The van der Waals surface area contributed by atoms with E-state index in [9.17, 15) is 36.3 Å². The van der Waals surface area contributed by atoms with Gasteiger partial charge in [-0.05, 0) is 91.3 Å². The van der Waals surface area contributed by atoms with Crippen molar-refractivity contribution in [2.24, 2.45) is 0 Å². The Labute approximate surface area is 280 Å². The van der Waals surface area contributed by atoms with Gasteiger partial charge in [-0.25, -0.2) is 0 Å². The topological polar surface area (TPSA) is 71.9 Å². The quantitative estimate of drug-likeness (QED) is 0.0721. The summed E-state index contributed by atoms with van der Waals surface area (Å²) >= 11 is 0. The van der Waals surface area contributed by atoms with E-state index in [2.05, 4.69) is 10.3 Å². The van der Waals surface area contributed by atoms with Gasteiger partial charge in [0.1, 0.15) is 5.41 Å². The fraction of sp³-hybridized carbons (Fsp3) is 0.324. The molecule has 4 aromatic rings. The van der Waals surface area contributed by atoms with Gasteiger partial charge < -0.3 is 10.1 Å². The van der Waals surface area contributed by atoms with Gasteiger partial charge in [0.05, 0.1) is 11.6 Å². The standard InChI is InChI=1S/C37H36F6N4O2/c38-36(39,40)26-17-15-25(16-18-26)28-9-3-6-14-33(28)47(49)45-27-19-23-46(24-20-27)22-8-7-21-35(34(48)44-37(41,42)43)31-12-4-1-10-29(31)30-11-2-5-13-32(30)35/h1-6,9-18,27,45,47H,7-8,19-24H2,(H,44,48). The first-order valence-electron chi connectivity index (χ1n) is 16.3. The number of fused-ring (bicyclic) bond motifs is 3. The van der Waals surface area contributed by atoms with E-state index in [-0.39, 0.29) is 17.6 Å². The zero-order valence-corrected chi connectivity index (χ0v) is 26.5. The predicted molar refractivity (Wildman–Crippen MR) is 174 cm³/mol. The molecule has 0 spiro atoms. The van der Waals surface area contributed by atoms with Crippen LogP contribution in [0.15, 0.2) is 97.1 Å². The number of para-hydroxylation sites is 1. The van der Waals surface area contributed by atoms with Crippen molar-refractivity contribution in [1.29, 1.82) is 0 Å². The van der Waals surface area contributed by atoms with Crippen molar-refractivity contribution in [2.45, 2.75) is 56.0 Å². The number of halogens is 6. The first-order chi connectivity index (χ1) is 23.4. The number of alkyl halides is 6. The van der Waals surface area contributed by atoms with Gasteiger partial charge in [0, 0.05) is 11.6 Å². The van der Waals surface area contributed by atoms with E-state index in [1.807, 2.05) is 24.3 Å². The van der Waals surface area contributed by atoms with Crippen LogP contribution in [-0.2, 0) is 16.4 Å². The highest BCUT2D eigenvalue weighted by atomic mass is 19.4. The molecule has 258 valence electrons. The van der Waals surface area contributed by atoms with Crippen molar-refractivity contribution in [2.75, 3.05) is 19.6 Å². The number of benzene rings is 4. The van der Waals surface area contributed by atoms with Gasteiger partial charge in [-0.2, -0.15) is 31.8 Å². The first-order valence-corrected chi connectivity index (χ1v) is 16.3. The fourth-order valence-electron chi connectivity index (χ4n) is 7.25. The second-order valence-corrected chi connectivity index (χ2v) is 12.6. The maximum atomic E-state index is 13.5. The summed E-state index contributed by atoms with van der Waals surface area (Å²) in [5.41, 5.74) is 4.98. The summed E-state index contributed by atoms with van der Waals surface area (Å²) in [5, 5.41) is 14.3. The van der Waals surface area contributed by atoms with Crippen molar-refractivity contribution in [1.82, 2.24) is 15.6 Å². The lowest BCUT2D eigenvalue weighted by Crippen LogP contribution is -3.11. The maximum Gasteiger partial charge on any atom is 0.484 e.